The molecule has 1 aliphatic rings. The molecular weight excluding hydrogens is 210 g/mol. The Kier molecular flexibility index (Phi) is 4.19. The van der Waals surface area contributed by atoms with Gasteiger partial charge in [-0.25, -0.2) is 0 Å². The van der Waals surface area contributed by atoms with E-state index in [1.54, 1.807) is 7.11 Å². The summed E-state index contributed by atoms with van der Waals surface area (Å²) in [6.07, 6.45) is 6.42. The Bertz CT molecular complexity index is 356. The zero-order valence-corrected chi connectivity index (χ0v) is 10.7. The van der Waals surface area contributed by atoms with Crippen LogP contribution >= 0.6 is 0 Å². The van der Waals surface area contributed by atoms with Crippen molar-refractivity contribution in [1.29, 1.82) is 0 Å². The molecule has 1 aromatic carbocycles. The third-order valence-corrected chi connectivity index (χ3v) is 4.09. The fourth-order valence-electron chi connectivity index (χ4n) is 3.13. The molecule has 2 rings (SSSR count). The van der Waals surface area contributed by atoms with E-state index in [1.807, 2.05) is 0 Å². The van der Waals surface area contributed by atoms with Crippen LogP contribution in [0, 0.1) is 0 Å². The summed E-state index contributed by atoms with van der Waals surface area (Å²) in [6, 6.07) is 8.63. The van der Waals surface area contributed by atoms with Gasteiger partial charge in [-0.1, -0.05) is 43.5 Å². The van der Waals surface area contributed by atoms with Crippen LogP contribution in [0.3, 0.4) is 0 Å². The van der Waals surface area contributed by atoms with Crippen LogP contribution in [-0.4, -0.2) is 13.7 Å². The van der Waals surface area contributed by atoms with Gasteiger partial charge in [0.2, 0.25) is 0 Å². The van der Waals surface area contributed by atoms with Gasteiger partial charge in [-0.05, 0) is 24.0 Å². The quantitative estimate of drug-likeness (QED) is 0.867. The third-order valence-electron chi connectivity index (χ3n) is 4.09. The maximum atomic E-state index is 6.09. The Balaban J connectivity index is 2.35. The minimum atomic E-state index is 0.202. The molecule has 1 saturated carbocycles. The maximum Gasteiger partial charge on any atom is 0.0715 e. The van der Waals surface area contributed by atoms with E-state index in [1.165, 1.54) is 43.2 Å². The van der Waals surface area contributed by atoms with Gasteiger partial charge in [0.05, 0.1) is 6.61 Å². The largest absolute Gasteiger partial charge is 0.380 e. The van der Waals surface area contributed by atoms with E-state index in [-0.39, 0.29) is 5.41 Å². The van der Waals surface area contributed by atoms with Crippen molar-refractivity contribution in [2.45, 2.75) is 44.1 Å². The lowest BCUT2D eigenvalue weighted by atomic mass is 9.68. The molecule has 2 heteroatoms. The normalized spacial score (nSPS) is 19.2. The predicted molar refractivity (Wildman–Crippen MR) is 71.0 cm³/mol. The molecule has 0 heterocycles. The van der Waals surface area contributed by atoms with Crippen LogP contribution in [0.5, 0.6) is 0 Å². The Morgan fingerprint density at radius 2 is 1.88 bits per heavy atom. The molecule has 0 aliphatic heterocycles. The van der Waals surface area contributed by atoms with E-state index in [9.17, 15) is 0 Å². The molecule has 94 valence electrons. The number of rotatable bonds is 4. The maximum absolute atomic E-state index is 6.09. The van der Waals surface area contributed by atoms with Crippen LogP contribution in [0.1, 0.15) is 43.2 Å². The van der Waals surface area contributed by atoms with E-state index in [0.29, 0.717) is 6.61 Å². The number of hydrogen-bond donors (Lipinski definition) is 1. The van der Waals surface area contributed by atoms with Crippen LogP contribution in [0.4, 0.5) is 0 Å². The van der Waals surface area contributed by atoms with Gasteiger partial charge in [0, 0.05) is 19.1 Å². The van der Waals surface area contributed by atoms with Crippen molar-refractivity contribution in [2.24, 2.45) is 5.73 Å². The van der Waals surface area contributed by atoms with E-state index in [4.69, 9.17) is 10.5 Å². The lowest BCUT2D eigenvalue weighted by Crippen LogP contribution is -2.38. The highest BCUT2D eigenvalue weighted by Crippen LogP contribution is 2.40. The second-order valence-corrected chi connectivity index (χ2v) is 5.14. The average Bonchev–Trinajstić information content (AvgIpc) is 2.40. The van der Waals surface area contributed by atoms with E-state index in [2.05, 4.69) is 24.3 Å². The van der Waals surface area contributed by atoms with Crippen LogP contribution in [0.25, 0.3) is 0 Å². The molecule has 0 radical (unpaired) electrons. The van der Waals surface area contributed by atoms with Crippen molar-refractivity contribution in [3.05, 3.63) is 35.4 Å². The van der Waals surface area contributed by atoms with Crippen molar-refractivity contribution >= 4 is 0 Å². The highest BCUT2D eigenvalue weighted by molar-refractivity contribution is 5.35. The summed E-state index contributed by atoms with van der Waals surface area (Å²) in [6.45, 7) is 1.45. The van der Waals surface area contributed by atoms with Gasteiger partial charge >= 0.3 is 0 Å². The summed E-state index contributed by atoms with van der Waals surface area (Å²) in [5, 5.41) is 0. The van der Waals surface area contributed by atoms with Crippen molar-refractivity contribution in [3.63, 3.8) is 0 Å². The first-order valence-corrected chi connectivity index (χ1v) is 6.60. The Labute approximate surface area is 104 Å². The zero-order chi connectivity index (χ0) is 12.1. The molecule has 0 bridgehead atoms. The number of nitrogens with two attached hydrogens (primary N) is 1. The van der Waals surface area contributed by atoms with Crippen LogP contribution < -0.4 is 5.73 Å². The smallest absolute Gasteiger partial charge is 0.0715 e. The molecule has 1 aliphatic carbocycles. The lowest BCUT2D eigenvalue weighted by molar-refractivity contribution is 0.181. The molecule has 0 spiro atoms. The molecule has 1 fully saturated rings. The monoisotopic (exact) mass is 233 g/mol. The molecule has 2 N–H and O–H groups in total. The van der Waals surface area contributed by atoms with Gasteiger partial charge in [0.1, 0.15) is 0 Å². The summed E-state index contributed by atoms with van der Waals surface area (Å²) in [5.41, 5.74) is 9.02. The number of methoxy groups -OCH3 is 1. The zero-order valence-electron chi connectivity index (χ0n) is 10.7. The summed E-state index contributed by atoms with van der Waals surface area (Å²) in [5.74, 6) is 0. The highest BCUT2D eigenvalue weighted by Gasteiger charge is 2.33. The van der Waals surface area contributed by atoms with Gasteiger partial charge in [-0.2, -0.15) is 0 Å². The van der Waals surface area contributed by atoms with Gasteiger partial charge in [0.25, 0.3) is 0 Å². The molecule has 1 aromatic rings. The minimum absolute atomic E-state index is 0.202. The van der Waals surface area contributed by atoms with E-state index >= 15 is 0 Å². The first-order chi connectivity index (χ1) is 8.32. The van der Waals surface area contributed by atoms with Crippen molar-refractivity contribution in [1.82, 2.24) is 0 Å². The van der Waals surface area contributed by atoms with Crippen LogP contribution in [0.15, 0.2) is 24.3 Å². The molecule has 0 aromatic heterocycles. The van der Waals surface area contributed by atoms with Gasteiger partial charge in [-0.3, -0.25) is 0 Å². The second kappa shape index (κ2) is 5.65. The Hall–Kier alpha value is -0.860. The summed E-state index contributed by atoms with van der Waals surface area (Å²) in [4.78, 5) is 0. The van der Waals surface area contributed by atoms with Crippen molar-refractivity contribution in [3.8, 4) is 0 Å². The lowest BCUT2D eigenvalue weighted by Gasteiger charge is -2.38. The Morgan fingerprint density at radius 3 is 2.53 bits per heavy atom. The molecule has 0 unspecified atom stereocenters. The summed E-state index contributed by atoms with van der Waals surface area (Å²) < 4.78 is 5.31. The minimum Gasteiger partial charge on any atom is -0.380 e. The predicted octanol–water partition coefficient (Wildman–Crippen LogP) is 2.99. The van der Waals surface area contributed by atoms with Crippen molar-refractivity contribution < 1.29 is 4.74 Å². The topological polar surface area (TPSA) is 35.2 Å². The Morgan fingerprint density at radius 1 is 1.18 bits per heavy atom. The number of benzene rings is 1. The van der Waals surface area contributed by atoms with Gasteiger partial charge in [-0.15, -0.1) is 0 Å². The van der Waals surface area contributed by atoms with Crippen LogP contribution in [0.2, 0.25) is 0 Å². The second-order valence-electron chi connectivity index (χ2n) is 5.14. The molecular formula is C15H23NO. The molecule has 2 nitrogen and oxygen atoms in total. The summed E-state index contributed by atoms with van der Waals surface area (Å²) in [7, 11) is 1.76. The third kappa shape index (κ3) is 2.53. The summed E-state index contributed by atoms with van der Waals surface area (Å²) >= 11 is 0. The first kappa shape index (κ1) is 12.6. The standard InChI is InChI=1S/C15H23NO/c1-17-11-13-7-3-4-8-14(13)15(12-16)9-5-2-6-10-15/h3-4,7-8H,2,5-6,9-12,16H2,1H3. The van der Waals surface area contributed by atoms with Gasteiger partial charge in [0.15, 0.2) is 0 Å². The fourth-order valence-corrected chi connectivity index (χ4v) is 3.13. The number of ether oxygens (including phenoxy) is 1. The molecule has 0 saturated heterocycles. The van der Waals surface area contributed by atoms with Crippen molar-refractivity contribution in [2.75, 3.05) is 13.7 Å². The van der Waals surface area contributed by atoms with E-state index < -0.39 is 0 Å². The highest BCUT2D eigenvalue weighted by atomic mass is 16.5. The molecule has 17 heavy (non-hydrogen) atoms. The van der Waals surface area contributed by atoms with E-state index in [0.717, 1.165) is 6.54 Å². The SMILES string of the molecule is COCc1ccccc1C1(CN)CCCCC1. The molecule has 0 amide bonds. The van der Waals surface area contributed by atoms with Crippen LogP contribution in [-0.2, 0) is 16.8 Å². The average molecular weight is 233 g/mol. The fraction of sp³-hybridized carbons (Fsp3) is 0.600. The first-order valence-electron chi connectivity index (χ1n) is 6.60. The molecule has 0 atom stereocenters. The number of hydrogen-bond acceptors (Lipinski definition) is 2. The van der Waals surface area contributed by atoms with Gasteiger partial charge < -0.3 is 10.5 Å².